The van der Waals surface area contributed by atoms with E-state index in [1.165, 1.54) is 29.2 Å². The van der Waals surface area contributed by atoms with E-state index in [-0.39, 0.29) is 29.1 Å². The molecule has 3 N–H and O–H groups in total. The summed E-state index contributed by atoms with van der Waals surface area (Å²) in [5, 5.41) is 15.1. The van der Waals surface area contributed by atoms with Gasteiger partial charge in [0.15, 0.2) is 17.2 Å². The number of hydrogen-bond donors (Lipinski definition) is 2. The Bertz CT molecular complexity index is 1440. The zero-order valence-electron chi connectivity index (χ0n) is 17.4. The molecule has 1 aliphatic heterocycles. The average Bonchev–Trinajstić information content (AvgIpc) is 3.40. The van der Waals surface area contributed by atoms with Crippen LogP contribution in [0.1, 0.15) is 22.6 Å². The van der Waals surface area contributed by atoms with Crippen molar-refractivity contribution in [3.63, 3.8) is 0 Å². The van der Waals surface area contributed by atoms with Gasteiger partial charge in [-0.3, -0.25) is 9.59 Å². The fourth-order valence-electron chi connectivity index (χ4n) is 3.93. The second kappa shape index (κ2) is 7.45. The maximum Gasteiger partial charge on any atom is 0.268 e. The van der Waals surface area contributed by atoms with Crippen molar-refractivity contribution >= 4 is 22.7 Å². The van der Waals surface area contributed by atoms with E-state index in [0.29, 0.717) is 28.8 Å². The molecular formula is C23H18FN5O4. The molecule has 0 radical (unpaired) electrons. The number of primary amides is 1. The molecule has 0 aliphatic carbocycles. The van der Waals surface area contributed by atoms with E-state index in [0.717, 1.165) is 0 Å². The zero-order valence-corrected chi connectivity index (χ0v) is 17.4. The Labute approximate surface area is 186 Å². The van der Waals surface area contributed by atoms with E-state index in [2.05, 4.69) is 15.1 Å². The van der Waals surface area contributed by atoms with Crippen LogP contribution in [0, 0.1) is 5.82 Å². The molecule has 1 fully saturated rings. The van der Waals surface area contributed by atoms with Crippen LogP contribution in [0.3, 0.4) is 0 Å². The fraction of sp³-hybridized carbons (Fsp3) is 0.174. The van der Waals surface area contributed by atoms with Crippen LogP contribution in [0.25, 0.3) is 33.6 Å². The lowest BCUT2D eigenvalue weighted by atomic mass is 9.97. The molecule has 3 heterocycles. The number of carbonyl (C=O) groups is 2. The SMILES string of the molecule is CN1CC[C@@](O)(c2cc(-c3cccc(-c4nc(C(N)=O)c5ccc(F)cc5n4)c3)on2)C1=O. The number of likely N-dealkylation sites (tertiary alicyclic amines) is 1. The number of aromatic nitrogens is 3. The van der Waals surface area contributed by atoms with E-state index < -0.39 is 23.2 Å². The highest BCUT2D eigenvalue weighted by Gasteiger charge is 2.47. The molecule has 4 aromatic rings. The van der Waals surface area contributed by atoms with Gasteiger partial charge in [-0.25, -0.2) is 14.4 Å². The molecule has 1 atom stereocenters. The quantitative estimate of drug-likeness (QED) is 0.490. The molecule has 2 amide bonds. The van der Waals surface area contributed by atoms with Gasteiger partial charge < -0.3 is 20.3 Å². The molecule has 0 spiro atoms. The number of likely N-dealkylation sites (N-methyl/N-ethyl adjacent to an activating group) is 1. The van der Waals surface area contributed by atoms with Crippen molar-refractivity contribution < 1.29 is 23.6 Å². The Balaban J connectivity index is 1.56. The van der Waals surface area contributed by atoms with Crippen molar-refractivity contribution in [2.24, 2.45) is 5.73 Å². The lowest BCUT2D eigenvalue weighted by molar-refractivity contribution is -0.143. The molecule has 1 aliphatic rings. The topological polar surface area (TPSA) is 135 Å². The maximum atomic E-state index is 13.8. The van der Waals surface area contributed by atoms with Gasteiger partial charge in [0.1, 0.15) is 17.2 Å². The van der Waals surface area contributed by atoms with Crippen LogP contribution < -0.4 is 5.73 Å². The van der Waals surface area contributed by atoms with E-state index in [1.807, 2.05) is 0 Å². The summed E-state index contributed by atoms with van der Waals surface area (Å²) < 4.78 is 19.2. The molecule has 166 valence electrons. The normalized spacial score (nSPS) is 18.3. The lowest BCUT2D eigenvalue weighted by Gasteiger charge is -2.16. The van der Waals surface area contributed by atoms with Gasteiger partial charge in [0.2, 0.25) is 0 Å². The molecule has 0 saturated carbocycles. The summed E-state index contributed by atoms with van der Waals surface area (Å²) in [4.78, 5) is 34.4. The molecular weight excluding hydrogens is 429 g/mol. The Hall–Kier alpha value is -4.18. The van der Waals surface area contributed by atoms with Crippen LogP contribution >= 0.6 is 0 Å². The van der Waals surface area contributed by atoms with Crippen molar-refractivity contribution in [3.8, 4) is 22.7 Å². The van der Waals surface area contributed by atoms with Crippen molar-refractivity contribution in [2.75, 3.05) is 13.6 Å². The number of hydrogen-bond acceptors (Lipinski definition) is 7. The largest absolute Gasteiger partial charge is 0.374 e. The predicted molar refractivity (Wildman–Crippen MR) is 115 cm³/mol. The van der Waals surface area contributed by atoms with Crippen molar-refractivity contribution in [2.45, 2.75) is 12.0 Å². The Morgan fingerprint density at radius 3 is 2.70 bits per heavy atom. The first kappa shape index (κ1) is 20.7. The number of fused-ring (bicyclic) bond motifs is 1. The van der Waals surface area contributed by atoms with E-state index in [1.54, 1.807) is 31.3 Å². The third kappa shape index (κ3) is 3.40. The molecule has 9 nitrogen and oxygen atoms in total. The lowest BCUT2D eigenvalue weighted by Crippen LogP contribution is -2.36. The number of amides is 2. The first-order valence-corrected chi connectivity index (χ1v) is 10.1. The summed E-state index contributed by atoms with van der Waals surface area (Å²) in [6.45, 7) is 0.412. The number of nitrogens with zero attached hydrogens (tertiary/aromatic N) is 4. The zero-order chi connectivity index (χ0) is 23.3. The second-order valence-electron chi connectivity index (χ2n) is 7.92. The van der Waals surface area contributed by atoms with Crippen molar-refractivity contribution in [1.82, 2.24) is 20.0 Å². The summed E-state index contributed by atoms with van der Waals surface area (Å²) in [6, 6.07) is 12.2. The standard InChI is InChI=1S/C23H18FN5O4/c1-29-8-7-23(32,22(29)31)18-11-17(33-28-18)12-3-2-4-13(9-12)21-26-16-10-14(24)5-6-15(16)19(27-21)20(25)30/h2-6,9-11,32H,7-8H2,1H3,(H2,25,30)/t23-/m1/s1. The first-order chi connectivity index (χ1) is 15.8. The number of rotatable bonds is 4. The molecule has 2 aromatic heterocycles. The summed E-state index contributed by atoms with van der Waals surface area (Å²) in [7, 11) is 1.61. The Morgan fingerprint density at radius 2 is 1.97 bits per heavy atom. The number of halogens is 1. The van der Waals surface area contributed by atoms with E-state index >= 15 is 0 Å². The molecule has 10 heteroatoms. The van der Waals surface area contributed by atoms with Gasteiger partial charge in [-0.05, 0) is 18.2 Å². The number of nitrogens with two attached hydrogens (primary N) is 1. The van der Waals surface area contributed by atoms with Gasteiger partial charge in [0.25, 0.3) is 11.8 Å². The maximum absolute atomic E-state index is 13.8. The minimum atomic E-state index is -1.73. The molecule has 5 rings (SSSR count). The van der Waals surface area contributed by atoms with Crippen LogP contribution in [0.4, 0.5) is 4.39 Å². The summed E-state index contributed by atoms with van der Waals surface area (Å²) in [5.41, 5.74) is 5.21. The minimum absolute atomic E-state index is 0.0200. The van der Waals surface area contributed by atoms with Gasteiger partial charge in [0, 0.05) is 48.7 Å². The van der Waals surface area contributed by atoms with Gasteiger partial charge in [0.05, 0.1) is 5.52 Å². The predicted octanol–water partition coefficient (Wildman–Crippen LogP) is 2.24. The van der Waals surface area contributed by atoms with Crippen LogP contribution in [0.15, 0.2) is 53.1 Å². The number of benzene rings is 2. The van der Waals surface area contributed by atoms with Crippen molar-refractivity contribution in [1.29, 1.82) is 0 Å². The second-order valence-corrected chi connectivity index (χ2v) is 7.92. The minimum Gasteiger partial charge on any atom is -0.374 e. The van der Waals surface area contributed by atoms with Gasteiger partial charge in [-0.2, -0.15) is 0 Å². The molecule has 33 heavy (non-hydrogen) atoms. The highest BCUT2D eigenvalue weighted by atomic mass is 19.1. The molecule has 0 bridgehead atoms. The van der Waals surface area contributed by atoms with Crippen molar-refractivity contribution in [3.05, 3.63) is 65.7 Å². The average molecular weight is 447 g/mol. The molecule has 2 aromatic carbocycles. The van der Waals surface area contributed by atoms with Crippen LogP contribution in [0.2, 0.25) is 0 Å². The van der Waals surface area contributed by atoms with Crippen LogP contribution in [0.5, 0.6) is 0 Å². The third-order valence-electron chi connectivity index (χ3n) is 5.74. The van der Waals surface area contributed by atoms with Gasteiger partial charge in [-0.1, -0.05) is 23.4 Å². The molecule has 0 unspecified atom stereocenters. The van der Waals surface area contributed by atoms with Crippen LogP contribution in [-0.4, -0.2) is 50.5 Å². The van der Waals surface area contributed by atoms with E-state index in [4.69, 9.17) is 10.3 Å². The molecule has 1 saturated heterocycles. The van der Waals surface area contributed by atoms with E-state index in [9.17, 15) is 19.1 Å². The van der Waals surface area contributed by atoms with Crippen LogP contribution in [-0.2, 0) is 10.4 Å². The number of carbonyl (C=O) groups excluding carboxylic acids is 2. The Morgan fingerprint density at radius 1 is 1.18 bits per heavy atom. The summed E-state index contributed by atoms with van der Waals surface area (Å²) in [6.07, 6.45) is 0.214. The highest BCUT2D eigenvalue weighted by Crippen LogP contribution is 2.35. The smallest absolute Gasteiger partial charge is 0.268 e. The van der Waals surface area contributed by atoms with Gasteiger partial charge in [-0.15, -0.1) is 0 Å². The third-order valence-corrected chi connectivity index (χ3v) is 5.74. The monoisotopic (exact) mass is 447 g/mol. The fourth-order valence-corrected chi connectivity index (χ4v) is 3.93. The first-order valence-electron chi connectivity index (χ1n) is 10.1. The van der Waals surface area contributed by atoms with Gasteiger partial charge >= 0.3 is 0 Å². The summed E-state index contributed by atoms with van der Waals surface area (Å²) in [5.74, 6) is -1.20. The Kier molecular flexibility index (Phi) is 4.68. The highest BCUT2D eigenvalue weighted by molar-refractivity contribution is 6.04. The summed E-state index contributed by atoms with van der Waals surface area (Å²) >= 11 is 0. The number of aliphatic hydroxyl groups is 1.